The molecule has 0 amide bonds. The number of hydrogen-bond donors (Lipinski definition) is 2. The second kappa shape index (κ2) is 5.33. The van der Waals surface area contributed by atoms with Crippen LogP contribution >= 0.6 is 0 Å². The number of benzene rings is 3. The minimum Gasteiger partial charge on any atom is -0.399 e. The monoisotopic (exact) mass is 274 g/mol. The van der Waals surface area contributed by atoms with Crippen molar-refractivity contribution in [2.24, 2.45) is 0 Å². The zero-order valence-corrected chi connectivity index (χ0v) is 12.0. The molecule has 0 aliphatic heterocycles. The zero-order valence-electron chi connectivity index (χ0n) is 12.0. The van der Waals surface area contributed by atoms with Crippen LogP contribution in [-0.4, -0.2) is 0 Å². The molecule has 0 spiro atoms. The highest BCUT2D eigenvalue weighted by molar-refractivity contribution is 5.82. The van der Waals surface area contributed by atoms with Gasteiger partial charge in [-0.1, -0.05) is 48.5 Å². The molecule has 0 unspecified atom stereocenters. The van der Waals surface area contributed by atoms with Crippen molar-refractivity contribution in [2.45, 2.75) is 6.92 Å². The molecule has 0 aliphatic rings. The first-order valence-electron chi connectivity index (χ1n) is 6.96. The Hall–Kier alpha value is -2.74. The summed E-state index contributed by atoms with van der Waals surface area (Å²) in [5.74, 6) is 0. The first kappa shape index (κ1) is 13.3. The lowest BCUT2D eigenvalue weighted by Gasteiger charge is -2.12. The van der Waals surface area contributed by atoms with E-state index in [-0.39, 0.29) is 0 Å². The fraction of sp³-hybridized carbons (Fsp3) is 0.0526. The van der Waals surface area contributed by atoms with E-state index in [1.165, 1.54) is 16.7 Å². The van der Waals surface area contributed by atoms with Gasteiger partial charge in [-0.2, -0.15) is 0 Å². The van der Waals surface area contributed by atoms with Gasteiger partial charge in [0.25, 0.3) is 0 Å². The van der Waals surface area contributed by atoms with Crippen LogP contribution in [0.3, 0.4) is 0 Å². The highest BCUT2D eigenvalue weighted by Crippen LogP contribution is 2.32. The van der Waals surface area contributed by atoms with E-state index in [0.717, 1.165) is 22.5 Å². The van der Waals surface area contributed by atoms with E-state index in [4.69, 9.17) is 11.5 Å². The van der Waals surface area contributed by atoms with Crippen molar-refractivity contribution in [3.05, 3.63) is 72.3 Å². The van der Waals surface area contributed by atoms with Gasteiger partial charge >= 0.3 is 0 Å². The van der Waals surface area contributed by atoms with Gasteiger partial charge in [-0.25, -0.2) is 0 Å². The molecule has 3 aromatic rings. The van der Waals surface area contributed by atoms with E-state index in [2.05, 4.69) is 49.4 Å². The van der Waals surface area contributed by atoms with Gasteiger partial charge in [0.15, 0.2) is 0 Å². The Balaban J connectivity index is 2.08. The molecule has 2 heteroatoms. The van der Waals surface area contributed by atoms with E-state index in [1.54, 1.807) is 0 Å². The summed E-state index contributed by atoms with van der Waals surface area (Å²) >= 11 is 0. The third kappa shape index (κ3) is 2.61. The molecule has 0 saturated carbocycles. The molecule has 2 nitrogen and oxygen atoms in total. The van der Waals surface area contributed by atoms with Crippen molar-refractivity contribution in [2.75, 3.05) is 11.5 Å². The van der Waals surface area contributed by atoms with Crippen LogP contribution < -0.4 is 11.5 Å². The Kier molecular flexibility index (Phi) is 3.36. The largest absolute Gasteiger partial charge is 0.399 e. The predicted octanol–water partition coefficient (Wildman–Crippen LogP) is 4.49. The molecular formula is C19H18N2. The molecule has 0 heterocycles. The van der Waals surface area contributed by atoms with Crippen molar-refractivity contribution in [1.82, 2.24) is 0 Å². The molecule has 0 bridgehead atoms. The van der Waals surface area contributed by atoms with Crippen LogP contribution in [0.15, 0.2) is 66.7 Å². The molecule has 0 aliphatic carbocycles. The smallest absolute Gasteiger partial charge is 0.0395 e. The minimum absolute atomic E-state index is 0.728. The molecule has 0 saturated heterocycles. The summed E-state index contributed by atoms with van der Waals surface area (Å²) in [7, 11) is 0. The van der Waals surface area contributed by atoms with Gasteiger partial charge in [0.2, 0.25) is 0 Å². The van der Waals surface area contributed by atoms with Crippen molar-refractivity contribution in [3.8, 4) is 22.3 Å². The number of rotatable bonds is 2. The van der Waals surface area contributed by atoms with Gasteiger partial charge in [0.1, 0.15) is 0 Å². The average Bonchev–Trinajstić information content (AvgIpc) is 2.51. The van der Waals surface area contributed by atoms with E-state index < -0.39 is 0 Å². The average molecular weight is 274 g/mol. The van der Waals surface area contributed by atoms with Crippen LogP contribution in [0.1, 0.15) is 5.56 Å². The first-order valence-corrected chi connectivity index (χ1v) is 6.96. The molecule has 3 rings (SSSR count). The Morgan fingerprint density at radius 2 is 1.43 bits per heavy atom. The lowest BCUT2D eigenvalue weighted by molar-refractivity contribution is 1.45. The maximum Gasteiger partial charge on any atom is 0.0395 e. The third-order valence-corrected chi connectivity index (χ3v) is 3.70. The molecule has 0 fully saturated rings. The minimum atomic E-state index is 0.728. The van der Waals surface area contributed by atoms with Crippen LogP contribution in [0.2, 0.25) is 0 Å². The van der Waals surface area contributed by atoms with Crippen LogP contribution in [-0.2, 0) is 0 Å². The second-order valence-corrected chi connectivity index (χ2v) is 5.24. The van der Waals surface area contributed by atoms with Crippen molar-refractivity contribution >= 4 is 11.4 Å². The lowest BCUT2D eigenvalue weighted by Crippen LogP contribution is -1.94. The van der Waals surface area contributed by atoms with E-state index >= 15 is 0 Å². The number of nitrogen functional groups attached to an aromatic ring is 2. The summed E-state index contributed by atoms with van der Waals surface area (Å²) in [4.78, 5) is 0. The van der Waals surface area contributed by atoms with E-state index in [9.17, 15) is 0 Å². The molecule has 0 atom stereocenters. The first-order chi connectivity index (χ1) is 10.1. The maximum atomic E-state index is 6.08. The summed E-state index contributed by atoms with van der Waals surface area (Å²) < 4.78 is 0. The summed E-state index contributed by atoms with van der Waals surface area (Å²) in [6.45, 7) is 2.10. The topological polar surface area (TPSA) is 52.0 Å². The fourth-order valence-electron chi connectivity index (χ4n) is 2.58. The quantitative estimate of drug-likeness (QED) is 0.676. The zero-order chi connectivity index (χ0) is 14.8. The van der Waals surface area contributed by atoms with Crippen LogP contribution in [0.5, 0.6) is 0 Å². The summed E-state index contributed by atoms with van der Waals surface area (Å²) in [6, 6.07) is 22.4. The Morgan fingerprint density at radius 1 is 0.667 bits per heavy atom. The fourth-order valence-corrected chi connectivity index (χ4v) is 2.58. The molecule has 4 N–H and O–H groups in total. The third-order valence-electron chi connectivity index (χ3n) is 3.70. The number of anilines is 2. The summed E-state index contributed by atoms with van der Waals surface area (Å²) in [5, 5.41) is 0. The van der Waals surface area contributed by atoms with Gasteiger partial charge in [0, 0.05) is 16.9 Å². The predicted molar refractivity (Wildman–Crippen MR) is 90.9 cm³/mol. The summed E-state index contributed by atoms with van der Waals surface area (Å²) in [6.07, 6.45) is 0. The maximum absolute atomic E-state index is 6.08. The normalized spacial score (nSPS) is 10.5. The van der Waals surface area contributed by atoms with Gasteiger partial charge in [-0.05, 0) is 47.4 Å². The van der Waals surface area contributed by atoms with Crippen molar-refractivity contribution < 1.29 is 0 Å². The summed E-state index contributed by atoms with van der Waals surface area (Å²) in [5.41, 5.74) is 19.2. The van der Waals surface area contributed by atoms with Crippen LogP contribution in [0.25, 0.3) is 22.3 Å². The van der Waals surface area contributed by atoms with E-state index in [1.807, 2.05) is 24.3 Å². The van der Waals surface area contributed by atoms with Crippen LogP contribution in [0.4, 0.5) is 11.4 Å². The molecule has 0 radical (unpaired) electrons. The van der Waals surface area contributed by atoms with Gasteiger partial charge in [0.05, 0.1) is 0 Å². The van der Waals surface area contributed by atoms with Crippen molar-refractivity contribution in [3.63, 3.8) is 0 Å². The van der Waals surface area contributed by atoms with Crippen LogP contribution in [0, 0.1) is 6.92 Å². The standard InChI is InChI=1S/C19H18N2/c1-13-11-15(14-5-3-2-4-6-14)7-9-17(13)18-12-16(20)8-10-19(18)21/h2-12H,20-21H2,1H3. The molecule has 0 aromatic heterocycles. The highest BCUT2D eigenvalue weighted by Gasteiger charge is 2.08. The molecule has 21 heavy (non-hydrogen) atoms. The van der Waals surface area contributed by atoms with Crippen molar-refractivity contribution in [1.29, 1.82) is 0 Å². The van der Waals surface area contributed by atoms with Gasteiger partial charge in [-0.3, -0.25) is 0 Å². The SMILES string of the molecule is Cc1cc(-c2ccccc2)ccc1-c1cc(N)ccc1N. The van der Waals surface area contributed by atoms with E-state index in [0.29, 0.717) is 0 Å². The molecule has 3 aromatic carbocycles. The lowest BCUT2D eigenvalue weighted by atomic mass is 9.94. The Morgan fingerprint density at radius 3 is 2.14 bits per heavy atom. The number of aryl methyl sites for hydroxylation is 1. The number of hydrogen-bond acceptors (Lipinski definition) is 2. The van der Waals surface area contributed by atoms with Gasteiger partial charge < -0.3 is 11.5 Å². The Bertz CT molecular complexity index is 777. The number of nitrogens with two attached hydrogens (primary N) is 2. The second-order valence-electron chi connectivity index (χ2n) is 5.24. The molecule has 104 valence electrons. The molecular weight excluding hydrogens is 256 g/mol. The highest BCUT2D eigenvalue weighted by atomic mass is 14.6. The Labute approximate surface area is 125 Å². The van der Waals surface area contributed by atoms with Gasteiger partial charge in [-0.15, -0.1) is 0 Å².